The Hall–Kier alpha value is -3.01. The molecule has 0 bridgehead atoms. The number of methoxy groups -OCH3 is 1. The summed E-state index contributed by atoms with van der Waals surface area (Å²) in [6.07, 6.45) is 9.29. The first kappa shape index (κ1) is 32.4. The maximum Gasteiger partial charge on any atom is 0.262 e. The fourth-order valence-electron chi connectivity index (χ4n) is 7.02. The van der Waals surface area contributed by atoms with Gasteiger partial charge in [-0.2, -0.15) is 0 Å². The number of ether oxygens (including phenoxy) is 1. The normalized spacial score (nSPS) is 17.0. The number of rotatable bonds is 11. The van der Waals surface area contributed by atoms with E-state index in [0.29, 0.717) is 23.9 Å². The van der Waals surface area contributed by atoms with Crippen LogP contribution in [0.5, 0.6) is 5.75 Å². The van der Waals surface area contributed by atoms with Crippen LogP contribution in [0.2, 0.25) is 0 Å². The number of likely N-dealkylation sites (N-methyl/N-ethyl adjacent to an activating group) is 2. The van der Waals surface area contributed by atoms with E-state index in [-0.39, 0.29) is 11.8 Å². The van der Waals surface area contributed by atoms with E-state index in [9.17, 15) is 9.59 Å². The van der Waals surface area contributed by atoms with E-state index in [1.54, 1.807) is 12.0 Å². The first-order valence-electron chi connectivity index (χ1n) is 16.0. The van der Waals surface area contributed by atoms with E-state index in [1.165, 1.54) is 72.0 Å². The molecule has 3 aromatic rings. The summed E-state index contributed by atoms with van der Waals surface area (Å²) in [5.74, 6) is 1.87. The van der Waals surface area contributed by atoms with Gasteiger partial charge >= 0.3 is 0 Å². The van der Waals surface area contributed by atoms with E-state index < -0.39 is 0 Å². The number of fused-ring (bicyclic) bond motifs is 5. The van der Waals surface area contributed by atoms with Gasteiger partial charge in [0, 0.05) is 54.8 Å². The number of carbonyl (C=O) groups excluding carboxylic acids is 2. The van der Waals surface area contributed by atoms with Gasteiger partial charge in [-0.05, 0) is 113 Å². The van der Waals surface area contributed by atoms with Gasteiger partial charge < -0.3 is 14.2 Å². The van der Waals surface area contributed by atoms with Crippen LogP contribution in [-0.2, 0) is 17.8 Å². The number of nitrogens with one attached hydrogen (secondary N) is 1. The van der Waals surface area contributed by atoms with Crippen molar-refractivity contribution in [1.82, 2.24) is 23.4 Å². The summed E-state index contributed by atoms with van der Waals surface area (Å²) in [6, 6.07) is 12.9. The van der Waals surface area contributed by atoms with Crippen LogP contribution in [-0.4, -0.2) is 85.9 Å². The summed E-state index contributed by atoms with van der Waals surface area (Å²) in [6.45, 7) is 2.21. The van der Waals surface area contributed by atoms with Gasteiger partial charge in [0.1, 0.15) is 5.75 Å². The predicted octanol–water partition coefficient (Wildman–Crippen LogP) is 6.19. The lowest BCUT2D eigenvalue weighted by Gasteiger charge is -2.24. The van der Waals surface area contributed by atoms with Gasteiger partial charge in [0.15, 0.2) is 0 Å². The molecule has 1 N–H and O–H groups in total. The van der Waals surface area contributed by atoms with E-state index in [4.69, 9.17) is 4.74 Å². The molecule has 2 aliphatic rings. The molecular weight excluding hydrogens is 570 g/mol. The average Bonchev–Trinajstić information content (AvgIpc) is 3.23. The Morgan fingerprint density at radius 2 is 1.80 bits per heavy atom. The third-order valence-electron chi connectivity index (χ3n) is 9.27. The highest BCUT2D eigenvalue weighted by atomic mass is 32.2. The van der Waals surface area contributed by atoms with Crippen molar-refractivity contribution < 1.29 is 14.3 Å². The van der Waals surface area contributed by atoms with Crippen molar-refractivity contribution in [3.8, 4) is 17.0 Å². The van der Waals surface area contributed by atoms with Crippen molar-refractivity contribution in [1.29, 1.82) is 0 Å². The lowest BCUT2D eigenvalue weighted by Crippen LogP contribution is -2.35. The van der Waals surface area contributed by atoms with Crippen LogP contribution in [0.4, 0.5) is 0 Å². The number of hydrogen-bond acceptors (Lipinski definition) is 6. The van der Waals surface area contributed by atoms with Crippen molar-refractivity contribution in [3.63, 3.8) is 0 Å². The number of benzene rings is 2. The molecule has 1 saturated carbocycles. The van der Waals surface area contributed by atoms with Gasteiger partial charge in [0.05, 0.1) is 19.3 Å². The molecule has 0 spiro atoms. The highest BCUT2D eigenvalue weighted by Gasteiger charge is 2.31. The third-order valence-corrected chi connectivity index (χ3v) is 9.92. The first-order valence-corrected chi connectivity index (χ1v) is 16.8. The number of nitrogens with zero attached hydrogens (tertiary/aromatic N) is 4. The molecule has 9 heteroatoms. The van der Waals surface area contributed by atoms with Crippen LogP contribution in [0.25, 0.3) is 22.2 Å². The Labute approximate surface area is 267 Å². The SMILES string of the molecule is COc1ccc2c(c1)CC(CCCN(C)CC(=O)N(C)C)Cn1c-2c(C2CCCCC2)c2ccc(C(=O)NSN(C)C)cc21. The maximum absolute atomic E-state index is 13.2. The number of hydrogen-bond donors (Lipinski definition) is 1. The van der Waals surface area contributed by atoms with Crippen molar-refractivity contribution >= 4 is 34.9 Å². The van der Waals surface area contributed by atoms with Crippen molar-refractivity contribution in [3.05, 3.63) is 53.1 Å². The molecule has 1 aliphatic heterocycles. The lowest BCUT2D eigenvalue weighted by molar-refractivity contribution is -0.129. The molecule has 5 rings (SSSR count). The highest BCUT2D eigenvalue weighted by Crippen LogP contribution is 2.47. The van der Waals surface area contributed by atoms with E-state index in [1.807, 2.05) is 45.6 Å². The van der Waals surface area contributed by atoms with Crippen LogP contribution in [0.15, 0.2) is 36.4 Å². The predicted molar refractivity (Wildman–Crippen MR) is 181 cm³/mol. The zero-order chi connectivity index (χ0) is 31.4. The second-order valence-electron chi connectivity index (χ2n) is 13.0. The smallest absolute Gasteiger partial charge is 0.262 e. The largest absolute Gasteiger partial charge is 0.497 e. The topological polar surface area (TPSA) is 70.0 Å². The second kappa shape index (κ2) is 14.4. The van der Waals surface area contributed by atoms with Crippen molar-refractivity contribution in [2.45, 2.75) is 63.8 Å². The second-order valence-corrected chi connectivity index (χ2v) is 14.2. The standard InChI is InChI=1S/C35H49N5O3S/c1-37(2)32(41)23-39(5)18-10-11-24-19-27-20-28(43-6)15-17-29(27)34-33(25-12-8-7-9-13-25)30-16-14-26(21-31(30)40(34)22-24)35(42)36-44-38(3)4/h14-17,20-21,24-25H,7-13,18-19,22-23H2,1-6H3,(H,36,42). The maximum atomic E-state index is 13.2. The number of amides is 2. The summed E-state index contributed by atoms with van der Waals surface area (Å²) in [5.41, 5.74) is 7.28. The molecule has 0 radical (unpaired) electrons. The van der Waals surface area contributed by atoms with Crippen LogP contribution >= 0.6 is 12.1 Å². The average molecular weight is 620 g/mol. The Balaban J connectivity index is 1.56. The fourth-order valence-corrected chi connectivity index (χ4v) is 7.40. The number of aromatic nitrogens is 1. The molecule has 1 aliphatic carbocycles. The highest BCUT2D eigenvalue weighted by molar-refractivity contribution is 7.95. The van der Waals surface area contributed by atoms with Gasteiger partial charge in [-0.1, -0.05) is 25.3 Å². The fraction of sp³-hybridized carbons (Fsp3) is 0.543. The third kappa shape index (κ3) is 7.27. The minimum absolute atomic E-state index is 0.0778. The molecule has 2 aromatic carbocycles. The molecule has 1 unspecified atom stereocenters. The Morgan fingerprint density at radius 3 is 2.50 bits per heavy atom. The summed E-state index contributed by atoms with van der Waals surface area (Å²) in [5, 5.41) is 1.29. The molecular formula is C35H49N5O3S. The van der Waals surface area contributed by atoms with E-state index >= 15 is 0 Å². The summed E-state index contributed by atoms with van der Waals surface area (Å²) in [7, 11) is 11.2. The molecule has 1 aromatic heterocycles. The lowest BCUT2D eigenvalue weighted by atomic mass is 9.81. The molecule has 44 heavy (non-hydrogen) atoms. The Kier molecular flexibility index (Phi) is 10.6. The van der Waals surface area contributed by atoms with Crippen molar-refractivity contribution in [2.75, 3.05) is 55.4 Å². The molecule has 1 atom stereocenters. The summed E-state index contributed by atoms with van der Waals surface area (Å²) in [4.78, 5) is 29.2. The van der Waals surface area contributed by atoms with Crippen molar-refractivity contribution in [2.24, 2.45) is 5.92 Å². The van der Waals surface area contributed by atoms with Crippen LogP contribution < -0.4 is 9.46 Å². The van der Waals surface area contributed by atoms with Gasteiger partial charge in [0.25, 0.3) is 5.91 Å². The molecule has 0 saturated heterocycles. The Bertz CT molecular complexity index is 1480. The monoisotopic (exact) mass is 619 g/mol. The van der Waals surface area contributed by atoms with Gasteiger partial charge in [0.2, 0.25) is 5.91 Å². The summed E-state index contributed by atoms with van der Waals surface area (Å²) < 4.78 is 13.1. The van der Waals surface area contributed by atoms with Gasteiger partial charge in [-0.3, -0.25) is 19.2 Å². The quantitative estimate of drug-likeness (QED) is 0.258. The minimum atomic E-state index is -0.0778. The van der Waals surface area contributed by atoms with Gasteiger partial charge in [-0.15, -0.1) is 0 Å². The van der Waals surface area contributed by atoms with E-state index in [2.05, 4.69) is 44.5 Å². The number of carbonyl (C=O) groups is 2. The zero-order valence-corrected chi connectivity index (χ0v) is 28.1. The molecule has 1 fully saturated rings. The van der Waals surface area contributed by atoms with E-state index in [0.717, 1.165) is 43.6 Å². The Morgan fingerprint density at radius 1 is 1.02 bits per heavy atom. The minimum Gasteiger partial charge on any atom is -0.497 e. The zero-order valence-electron chi connectivity index (χ0n) is 27.3. The summed E-state index contributed by atoms with van der Waals surface area (Å²) >= 11 is 1.30. The molecule has 8 nitrogen and oxygen atoms in total. The molecule has 2 amide bonds. The molecule has 2 heterocycles. The van der Waals surface area contributed by atoms with Crippen LogP contribution in [0.1, 0.15) is 72.3 Å². The van der Waals surface area contributed by atoms with Gasteiger partial charge in [-0.25, -0.2) is 4.31 Å². The van der Waals surface area contributed by atoms with Crippen LogP contribution in [0, 0.1) is 5.92 Å². The first-order chi connectivity index (χ1) is 21.2. The molecule has 238 valence electrons. The van der Waals surface area contributed by atoms with Crippen LogP contribution in [0.3, 0.4) is 0 Å².